The number of hydrogen-bond donors (Lipinski definition) is 2. The molecular formula is C16H26N4O2. The Hall–Kier alpha value is -1.43. The number of nitrogens with zero attached hydrogens (tertiary/aromatic N) is 3. The molecule has 3 rings (SSSR count). The zero-order valence-electron chi connectivity index (χ0n) is 13.4. The van der Waals surface area contributed by atoms with Crippen molar-refractivity contribution in [3.63, 3.8) is 0 Å². The maximum absolute atomic E-state index is 12.4. The molecule has 1 aromatic rings. The van der Waals surface area contributed by atoms with Crippen LogP contribution in [0.25, 0.3) is 0 Å². The monoisotopic (exact) mass is 306 g/mol. The summed E-state index contributed by atoms with van der Waals surface area (Å²) in [7, 11) is 0. The number of hydrogen-bond acceptors (Lipinski definition) is 4. The summed E-state index contributed by atoms with van der Waals surface area (Å²) in [5.74, 6) is 1.73. The summed E-state index contributed by atoms with van der Waals surface area (Å²) in [4.78, 5) is 12.4. The average Bonchev–Trinajstić information content (AvgIpc) is 3.20. The van der Waals surface area contributed by atoms with Crippen LogP contribution in [0.4, 0.5) is 0 Å². The van der Waals surface area contributed by atoms with Gasteiger partial charge in [0.15, 0.2) is 5.69 Å². The van der Waals surface area contributed by atoms with Crippen molar-refractivity contribution in [2.75, 3.05) is 6.61 Å². The van der Waals surface area contributed by atoms with Crippen molar-refractivity contribution < 1.29 is 9.90 Å². The number of carbonyl (C=O) groups excluding carboxylic acids is 1. The molecule has 0 radical (unpaired) electrons. The second kappa shape index (κ2) is 6.36. The number of fused-ring (bicyclic) bond motifs is 2. The van der Waals surface area contributed by atoms with Crippen LogP contribution in [-0.4, -0.2) is 38.7 Å². The van der Waals surface area contributed by atoms with Gasteiger partial charge in [-0.3, -0.25) is 9.48 Å². The molecule has 4 unspecified atom stereocenters. The minimum atomic E-state index is -0.160. The molecule has 1 aromatic heterocycles. The van der Waals surface area contributed by atoms with Crippen LogP contribution < -0.4 is 5.32 Å². The summed E-state index contributed by atoms with van der Waals surface area (Å²) < 4.78 is 1.74. The number of aliphatic hydroxyl groups is 1. The molecule has 0 saturated heterocycles. The number of rotatable bonds is 6. The summed E-state index contributed by atoms with van der Waals surface area (Å²) in [6.07, 6.45) is 6.22. The van der Waals surface area contributed by atoms with Gasteiger partial charge in [-0.1, -0.05) is 19.1 Å². The number of aryl methyl sites for hydroxylation is 1. The Balaban J connectivity index is 1.60. The predicted octanol–water partition coefficient (Wildman–Crippen LogP) is 1.46. The van der Waals surface area contributed by atoms with Crippen molar-refractivity contribution in [3.8, 4) is 0 Å². The fourth-order valence-electron chi connectivity index (χ4n) is 4.03. The molecule has 4 atom stereocenters. The standard InChI is InChI=1S/C16H26N4O2/c1-10(2)5-6-20-8-14(18-19-20)16(22)17-15-12-4-3-11(7-12)13(15)9-21/h8,10-13,15,21H,3-7,9H2,1-2H3,(H,17,22). The lowest BCUT2D eigenvalue weighted by molar-refractivity contribution is 0.0856. The highest BCUT2D eigenvalue weighted by Crippen LogP contribution is 2.48. The van der Waals surface area contributed by atoms with E-state index in [4.69, 9.17) is 0 Å². The van der Waals surface area contributed by atoms with E-state index >= 15 is 0 Å². The van der Waals surface area contributed by atoms with Gasteiger partial charge in [0.2, 0.25) is 0 Å². The first-order chi connectivity index (χ1) is 10.6. The van der Waals surface area contributed by atoms with Gasteiger partial charge in [-0.15, -0.1) is 5.10 Å². The second-order valence-corrected chi connectivity index (χ2v) is 7.23. The molecular weight excluding hydrogens is 280 g/mol. The van der Waals surface area contributed by atoms with Crippen LogP contribution in [-0.2, 0) is 6.54 Å². The van der Waals surface area contributed by atoms with E-state index in [-0.39, 0.29) is 24.5 Å². The molecule has 0 aliphatic heterocycles. The maximum Gasteiger partial charge on any atom is 0.273 e. The summed E-state index contributed by atoms with van der Waals surface area (Å²) in [6, 6.07) is 0.0945. The Kier molecular flexibility index (Phi) is 4.47. The van der Waals surface area contributed by atoms with E-state index < -0.39 is 0 Å². The molecule has 2 aliphatic rings. The molecule has 2 bridgehead atoms. The summed E-state index contributed by atoms with van der Waals surface area (Å²) in [5, 5.41) is 20.7. The van der Waals surface area contributed by atoms with E-state index in [2.05, 4.69) is 29.5 Å². The third-order valence-electron chi connectivity index (χ3n) is 5.30. The maximum atomic E-state index is 12.4. The average molecular weight is 306 g/mol. The van der Waals surface area contributed by atoms with Crippen LogP contribution in [0.15, 0.2) is 6.20 Å². The Morgan fingerprint density at radius 1 is 1.45 bits per heavy atom. The van der Waals surface area contributed by atoms with Gasteiger partial charge in [-0.05, 0) is 43.4 Å². The quantitative estimate of drug-likeness (QED) is 0.834. The zero-order valence-corrected chi connectivity index (χ0v) is 13.4. The van der Waals surface area contributed by atoms with Crippen LogP contribution in [0.5, 0.6) is 0 Å². The molecule has 0 spiro atoms. The highest BCUT2D eigenvalue weighted by atomic mass is 16.3. The largest absolute Gasteiger partial charge is 0.396 e. The lowest BCUT2D eigenvalue weighted by Gasteiger charge is -2.30. The van der Waals surface area contributed by atoms with E-state index in [0.717, 1.165) is 25.8 Å². The molecule has 6 heteroatoms. The number of aromatic nitrogens is 3. The number of amides is 1. The van der Waals surface area contributed by atoms with Gasteiger partial charge in [0.05, 0.1) is 6.20 Å². The molecule has 2 aliphatic carbocycles. The first-order valence-electron chi connectivity index (χ1n) is 8.40. The molecule has 122 valence electrons. The van der Waals surface area contributed by atoms with Crippen molar-refractivity contribution >= 4 is 5.91 Å². The van der Waals surface area contributed by atoms with Crippen molar-refractivity contribution in [3.05, 3.63) is 11.9 Å². The van der Waals surface area contributed by atoms with E-state index in [0.29, 0.717) is 23.4 Å². The van der Waals surface area contributed by atoms with E-state index in [9.17, 15) is 9.90 Å². The zero-order chi connectivity index (χ0) is 15.7. The minimum absolute atomic E-state index is 0.0945. The fourth-order valence-corrected chi connectivity index (χ4v) is 4.03. The van der Waals surface area contributed by atoms with E-state index in [1.54, 1.807) is 10.9 Å². The van der Waals surface area contributed by atoms with Crippen LogP contribution in [0.3, 0.4) is 0 Å². The summed E-state index contributed by atoms with van der Waals surface area (Å²) in [5.41, 5.74) is 0.378. The smallest absolute Gasteiger partial charge is 0.273 e. The molecule has 22 heavy (non-hydrogen) atoms. The van der Waals surface area contributed by atoms with E-state index in [1.807, 2.05) is 0 Å². The Morgan fingerprint density at radius 3 is 2.95 bits per heavy atom. The Morgan fingerprint density at radius 2 is 2.23 bits per heavy atom. The van der Waals surface area contributed by atoms with E-state index in [1.165, 1.54) is 6.42 Å². The van der Waals surface area contributed by atoms with Crippen molar-refractivity contribution in [1.82, 2.24) is 20.3 Å². The summed E-state index contributed by atoms with van der Waals surface area (Å²) >= 11 is 0. The topological polar surface area (TPSA) is 80.0 Å². The third-order valence-corrected chi connectivity index (χ3v) is 5.30. The molecule has 1 heterocycles. The molecule has 1 amide bonds. The van der Waals surface area contributed by atoms with Gasteiger partial charge >= 0.3 is 0 Å². The van der Waals surface area contributed by atoms with Crippen molar-refractivity contribution in [2.45, 2.75) is 52.1 Å². The Bertz CT molecular complexity index is 528. The number of nitrogens with one attached hydrogen (secondary N) is 1. The normalized spacial score (nSPS) is 30.2. The summed E-state index contributed by atoms with van der Waals surface area (Å²) in [6.45, 7) is 5.27. The fraction of sp³-hybridized carbons (Fsp3) is 0.812. The number of aliphatic hydroxyl groups excluding tert-OH is 1. The van der Waals surface area contributed by atoms with Crippen molar-refractivity contribution in [2.24, 2.45) is 23.7 Å². The molecule has 0 aromatic carbocycles. The highest BCUT2D eigenvalue weighted by Gasteiger charge is 2.47. The van der Waals surface area contributed by atoms with Gasteiger partial charge in [0.1, 0.15) is 0 Å². The van der Waals surface area contributed by atoms with Crippen LogP contribution in [0.2, 0.25) is 0 Å². The molecule has 6 nitrogen and oxygen atoms in total. The minimum Gasteiger partial charge on any atom is -0.396 e. The van der Waals surface area contributed by atoms with Crippen molar-refractivity contribution in [1.29, 1.82) is 0 Å². The molecule has 2 N–H and O–H groups in total. The lowest BCUT2D eigenvalue weighted by Crippen LogP contribution is -2.45. The highest BCUT2D eigenvalue weighted by molar-refractivity contribution is 5.92. The third kappa shape index (κ3) is 3.02. The first kappa shape index (κ1) is 15.5. The van der Waals surface area contributed by atoms with Crippen LogP contribution >= 0.6 is 0 Å². The molecule has 2 fully saturated rings. The van der Waals surface area contributed by atoms with Gasteiger partial charge in [-0.25, -0.2) is 0 Å². The van der Waals surface area contributed by atoms with Crippen LogP contribution in [0, 0.1) is 23.7 Å². The van der Waals surface area contributed by atoms with Gasteiger partial charge in [0, 0.05) is 25.1 Å². The second-order valence-electron chi connectivity index (χ2n) is 7.23. The van der Waals surface area contributed by atoms with Gasteiger partial charge in [0.25, 0.3) is 5.91 Å². The Labute approximate surface area is 131 Å². The number of carbonyl (C=O) groups is 1. The van der Waals surface area contributed by atoms with Gasteiger partial charge in [-0.2, -0.15) is 0 Å². The predicted molar refractivity (Wildman–Crippen MR) is 82.1 cm³/mol. The first-order valence-corrected chi connectivity index (χ1v) is 8.40. The lowest BCUT2D eigenvalue weighted by atomic mass is 9.85. The SMILES string of the molecule is CC(C)CCn1cc(C(=O)NC2C3CCC(C3)C2CO)nn1. The molecule has 2 saturated carbocycles. The van der Waals surface area contributed by atoms with Gasteiger partial charge < -0.3 is 10.4 Å². The van der Waals surface area contributed by atoms with Crippen LogP contribution in [0.1, 0.15) is 50.0 Å².